The van der Waals surface area contributed by atoms with E-state index >= 15 is 0 Å². The molecule has 0 spiro atoms. The monoisotopic (exact) mass is 409 g/mol. The van der Waals surface area contributed by atoms with Crippen LogP contribution in [0.2, 0.25) is 0 Å². The van der Waals surface area contributed by atoms with Crippen molar-refractivity contribution in [1.29, 1.82) is 5.26 Å². The zero-order valence-electron chi connectivity index (χ0n) is 17.0. The van der Waals surface area contributed by atoms with Gasteiger partial charge < -0.3 is 24.8 Å². The fourth-order valence-electron chi connectivity index (χ4n) is 2.65. The summed E-state index contributed by atoms with van der Waals surface area (Å²) in [4.78, 5) is 24.2. The van der Waals surface area contributed by atoms with Crippen LogP contribution in [0.3, 0.4) is 0 Å². The quantitative estimate of drug-likeness (QED) is 0.284. The van der Waals surface area contributed by atoms with Crippen LogP contribution in [0.25, 0.3) is 0 Å². The molecule has 8 heteroatoms. The Kier molecular flexibility index (Phi) is 8.27. The Labute approximate surface area is 175 Å². The van der Waals surface area contributed by atoms with Gasteiger partial charge in [0.1, 0.15) is 11.6 Å². The zero-order chi connectivity index (χ0) is 21.9. The maximum absolute atomic E-state index is 12.4. The highest BCUT2D eigenvalue weighted by atomic mass is 16.5. The molecule has 0 radical (unpaired) electrons. The Morgan fingerprint density at radius 2 is 1.80 bits per heavy atom. The van der Waals surface area contributed by atoms with Gasteiger partial charge in [-0.2, -0.15) is 5.26 Å². The number of carbonyl (C=O) groups is 2. The number of benzene rings is 2. The molecule has 8 nitrogen and oxygen atoms in total. The zero-order valence-corrected chi connectivity index (χ0v) is 17.0. The van der Waals surface area contributed by atoms with Crippen molar-refractivity contribution in [2.45, 2.75) is 6.42 Å². The summed E-state index contributed by atoms with van der Waals surface area (Å²) in [6.07, 6.45) is 1.99. The minimum Gasteiger partial charge on any atom is -0.493 e. The first-order valence-electron chi connectivity index (χ1n) is 9.07. The van der Waals surface area contributed by atoms with Crippen molar-refractivity contribution in [3.05, 3.63) is 65.4 Å². The number of nitriles is 1. The van der Waals surface area contributed by atoms with Crippen molar-refractivity contribution in [2.75, 3.05) is 33.2 Å². The van der Waals surface area contributed by atoms with E-state index < -0.39 is 11.9 Å². The average Bonchev–Trinajstić information content (AvgIpc) is 2.78. The summed E-state index contributed by atoms with van der Waals surface area (Å²) in [5, 5.41) is 14.8. The summed E-state index contributed by atoms with van der Waals surface area (Å²) >= 11 is 0. The van der Waals surface area contributed by atoms with Gasteiger partial charge >= 0.3 is 5.97 Å². The lowest BCUT2D eigenvalue weighted by atomic mass is 10.1. The molecule has 2 aromatic carbocycles. The number of carbonyl (C=O) groups excluding carboxylic acids is 2. The molecule has 0 aliphatic carbocycles. The smallest absolute Gasteiger partial charge is 0.339 e. The Balaban J connectivity index is 1.99. The van der Waals surface area contributed by atoms with E-state index in [9.17, 15) is 14.9 Å². The predicted molar refractivity (Wildman–Crippen MR) is 111 cm³/mol. The van der Waals surface area contributed by atoms with Crippen LogP contribution in [0.5, 0.6) is 11.5 Å². The maximum Gasteiger partial charge on any atom is 0.339 e. The molecule has 0 saturated heterocycles. The molecule has 0 bridgehead atoms. The number of nitrogens with zero attached hydrogens (tertiary/aromatic N) is 1. The lowest BCUT2D eigenvalue weighted by molar-refractivity contribution is -0.112. The van der Waals surface area contributed by atoms with Gasteiger partial charge in [0.05, 0.1) is 32.6 Å². The van der Waals surface area contributed by atoms with Gasteiger partial charge in [0.25, 0.3) is 5.91 Å². The average molecular weight is 409 g/mol. The topological polar surface area (TPSA) is 110 Å². The molecule has 0 heterocycles. The first-order valence-corrected chi connectivity index (χ1v) is 9.07. The minimum absolute atomic E-state index is 0.123. The number of esters is 1. The van der Waals surface area contributed by atoms with Crippen molar-refractivity contribution in [2.24, 2.45) is 0 Å². The molecule has 0 saturated carbocycles. The second-order valence-corrected chi connectivity index (χ2v) is 6.05. The second kappa shape index (κ2) is 11.1. The summed E-state index contributed by atoms with van der Waals surface area (Å²) in [6.45, 7) is 0.493. The number of rotatable bonds is 9. The SMILES string of the molecule is COC(=O)c1ccccc1NC(=O)/C(C#N)=C\NCCc1ccc(OC)c(OC)c1. The van der Waals surface area contributed by atoms with E-state index in [4.69, 9.17) is 14.2 Å². The van der Waals surface area contributed by atoms with Crippen LogP contribution in [-0.2, 0) is 16.0 Å². The molecule has 1 amide bonds. The van der Waals surface area contributed by atoms with E-state index in [1.165, 1.54) is 19.4 Å². The van der Waals surface area contributed by atoms with E-state index in [0.717, 1.165) is 5.56 Å². The third-order valence-electron chi connectivity index (χ3n) is 4.20. The highest BCUT2D eigenvalue weighted by Crippen LogP contribution is 2.27. The van der Waals surface area contributed by atoms with Gasteiger partial charge in [-0.05, 0) is 36.2 Å². The van der Waals surface area contributed by atoms with Crippen LogP contribution in [0.15, 0.2) is 54.2 Å². The Morgan fingerprint density at radius 3 is 2.47 bits per heavy atom. The molecule has 0 aromatic heterocycles. The number of nitrogens with one attached hydrogen (secondary N) is 2. The third kappa shape index (κ3) is 5.75. The summed E-state index contributed by atoms with van der Waals surface area (Å²) in [5.74, 6) is 0.0607. The summed E-state index contributed by atoms with van der Waals surface area (Å²) in [7, 11) is 4.39. The molecule has 0 fully saturated rings. The van der Waals surface area contributed by atoms with Crippen LogP contribution in [0, 0.1) is 11.3 Å². The molecule has 156 valence electrons. The molecule has 2 rings (SSSR count). The Bertz CT molecular complexity index is 979. The number of ether oxygens (including phenoxy) is 3. The number of para-hydroxylation sites is 1. The van der Waals surface area contributed by atoms with Crippen molar-refractivity contribution in [1.82, 2.24) is 5.32 Å². The van der Waals surface area contributed by atoms with Crippen molar-refractivity contribution in [3.8, 4) is 17.6 Å². The van der Waals surface area contributed by atoms with Crippen LogP contribution in [0.4, 0.5) is 5.69 Å². The van der Waals surface area contributed by atoms with Crippen molar-refractivity contribution >= 4 is 17.6 Å². The van der Waals surface area contributed by atoms with Gasteiger partial charge in [-0.15, -0.1) is 0 Å². The highest BCUT2D eigenvalue weighted by Gasteiger charge is 2.15. The molecule has 2 N–H and O–H groups in total. The number of methoxy groups -OCH3 is 3. The number of hydrogen-bond donors (Lipinski definition) is 2. The van der Waals surface area contributed by atoms with Gasteiger partial charge in [0.15, 0.2) is 11.5 Å². The molecule has 30 heavy (non-hydrogen) atoms. The maximum atomic E-state index is 12.4. The van der Waals surface area contributed by atoms with Crippen molar-refractivity contribution in [3.63, 3.8) is 0 Å². The largest absolute Gasteiger partial charge is 0.493 e. The summed E-state index contributed by atoms with van der Waals surface area (Å²) in [6, 6.07) is 13.8. The van der Waals surface area contributed by atoms with E-state index in [-0.39, 0.29) is 16.8 Å². The molecule has 2 aromatic rings. The predicted octanol–water partition coefficient (Wildman–Crippen LogP) is 2.67. The standard InChI is InChI=1S/C22H23N3O5/c1-28-19-9-8-15(12-20(19)29-2)10-11-24-14-16(13-23)21(26)25-18-7-5-4-6-17(18)22(27)30-3/h4-9,12,14,24H,10-11H2,1-3H3,(H,25,26)/b16-14-. The third-order valence-corrected chi connectivity index (χ3v) is 4.20. The van der Waals surface area contributed by atoms with E-state index in [1.54, 1.807) is 32.4 Å². The first-order chi connectivity index (χ1) is 14.5. The molecule has 0 aliphatic heterocycles. The normalized spacial score (nSPS) is 10.5. The molecular weight excluding hydrogens is 386 g/mol. The fourth-order valence-corrected chi connectivity index (χ4v) is 2.65. The lowest BCUT2D eigenvalue weighted by Gasteiger charge is -2.10. The van der Waals surface area contributed by atoms with Crippen LogP contribution >= 0.6 is 0 Å². The highest BCUT2D eigenvalue weighted by molar-refractivity contribution is 6.09. The van der Waals surface area contributed by atoms with E-state index in [0.29, 0.717) is 24.5 Å². The Morgan fingerprint density at radius 1 is 1.07 bits per heavy atom. The molecule has 0 atom stereocenters. The molecular formula is C22H23N3O5. The van der Waals surface area contributed by atoms with Gasteiger partial charge in [0.2, 0.25) is 0 Å². The van der Waals surface area contributed by atoms with Gasteiger partial charge in [-0.25, -0.2) is 4.79 Å². The summed E-state index contributed by atoms with van der Waals surface area (Å²) < 4.78 is 15.2. The fraction of sp³-hybridized carbons (Fsp3) is 0.227. The van der Waals surface area contributed by atoms with Gasteiger partial charge in [-0.3, -0.25) is 4.79 Å². The first kappa shape index (κ1) is 22.3. The van der Waals surface area contributed by atoms with E-state index in [1.807, 2.05) is 24.3 Å². The van der Waals surface area contributed by atoms with Crippen LogP contribution in [-0.4, -0.2) is 39.8 Å². The number of hydrogen-bond acceptors (Lipinski definition) is 7. The Hall–Kier alpha value is -3.99. The van der Waals surface area contributed by atoms with E-state index in [2.05, 4.69) is 10.6 Å². The van der Waals surface area contributed by atoms with Crippen LogP contribution < -0.4 is 20.1 Å². The number of amides is 1. The lowest BCUT2D eigenvalue weighted by Crippen LogP contribution is -2.19. The number of anilines is 1. The summed E-state index contributed by atoms with van der Waals surface area (Å²) in [5.41, 5.74) is 1.35. The minimum atomic E-state index is -0.632. The van der Waals surface area contributed by atoms with Crippen molar-refractivity contribution < 1.29 is 23.8 Å². The molecule has 0 unspecified atom stereocenters. The second-order valence-electron chi connectivity index (χ2n) is 6.05. The van der Waals surface area contributed by atoms with Gasteiger partial charge in [-0.1, -0.05) is 18.2 Å². The van der Waals surface area contributed by atoms with Crippen LogP contribution in [0.1, 0.15) is 15.9 Å². The molecule has 0 aliphatic rings. The van der Waals surface area contributed by atoms with Gasteiger partial charge in [0, 0.05) is 12.7 Å².